The Hall–Kier alpha value is -3.47. The molecular weight excluding hydrogens is 613 g/mol. The average molecular weight is 651 g/mol. The van der Waals surface area contributed by atoms with Crippen molar-refractivity contribution in [2.75, 3.05) is 31.6 Å². The molecule has 0 fully saturated rings. The molecule has 0 aliphatic carbocycles. The van der Waals surface area contributed by atoms with E-state index in [0.29, 0.717) is 34.3 Å². The van der Waals surface area contributed by atoms with Crippen LogP contribution in [0.5, 0.6) is 11.5 Å². The van der Waals surface area contributed by atoms with Gasteiger partial charge in [0.1, 0.15) is 12.6 Å². The predicted molar refractivity (Wildman–Crippen MR) is 170 cm³/mol. The minimum absolute atomic E-state index is 0.00305. The van der Waals surface area contributed by atoms with Crippen LogP contribution in [0.15, 0.2) is 71.6 Å². The summed E-state index contributed by atoms with van der Waals surface area (Å²) >= 11 is 12.5. The molecule has 43 heavy (non-hydrogen) atoms. The minimum Gasteiger partial charge on any atom is -0.493 e. The van der Waals surface area contributed by atoms with Crippen LogP contribution >= 0.6 is 23.2 Å². The van der Waals surface area contributed by atoms with Gasteiger partial charge in [0, 0.05) is 29.2 Å². The lowest BCUT2D eigenvalue weighted by molar-refractivity contribution is -0.140. The summed E-state index contributed by atoms with van der Waals surface area (Å²) in [5.74, 6) is -0.351. The van der Waals surface area contributed by atoms with E-state index in [2.05, 4.69) is 5.32 Å². The molecule has 0 aromatic heterocycles. The van der Waals surface area contributed by atoms with E-state index in [1.54, 1.807) is 31.2 Å². The summed E-state index contributed by atoms with van der Waals surface area (Å²) in [6.07, 6.45) is 1.98. The van der Waals surface area contributed by atoms with Crippen LogP contribution in [0.2, 0.25) is 10.0 Å². The number of nitrogens with zero attached hydrogens (tertiary/aromatic N) is 2. The Balaban J connectivity index is 2.08. The Kier molecular flexibility index (Phi) is 12.5. The van der Waals surface area contributed by atoms with Gasteiger partial charge in [-0.1, -0.05) is 61.7 Å². The number of benzene rings is 3. The van der Waals surface area contributed by atoms with Crippen molar-refractivity contribution >= 4 is 50.7 Å². The summed E-state index contributed by atoms with van der Waals surface area (Å²) in [5, 5.41) is 3.73. The molecule has 0 aliphatic heterocycles. The number of carbonyl (C=O) groups excluding carboxylic acids is 2. The first kappa shape index (κ1) is 34.0. The van der Waals surface area contributed by atoms with E-state index in [0.717, 1.165) is 17.1 Å². The minimum atomic E-state index is -4.32. The SMILES string of the molecule is CCCCNC(=O)[C@@H](CC)N(Cc1ccccc1Cl)C(=O)CN(c1ccc(Cl)cc1)S(=O)(=O)c1ccc(OC)c(OC)c1. The van der Waals surface area contributed by atoms with Crippen LogP contribution in [0.4, 0.5) is 5.69 Å². The van der Waals surface area contributed by atoms with Crippen molar-refractivity contribution in [2.24, 2.45) is 0 Å². The molecule has 0 radical (unpaired) electrons. The molecule has 3 aromatic carbocycles. The number of rotatable bonds is 15. The van der Waals surface area contributed by atoms with Gasteiger partial charge in [0.05, 0.1) is 24.8 Å². The number of amides is 2. The van der Waals surface area contributed by atoms with Gasteiger partial charge in [-0.2, -0.15) is 0 Å². The number of hydrogen-bond donors (Lipinski definition) is 1. The maximum absolute atomic E-state index is 14.2. The number of carbonyl (C=O) groups is 2. The maximum atomic E-state index is 14.2. The molecule has 2 amide bonds. The Morgan fingerprint density at radius 1 is 0.930 bits per heavy atom. The monoisotopic (exact) mass is 649 g/mol. The summed E-state index contributed by atoms with van der Waals surface area (Å²) in [6.45, 7) is 3.68. The van der Waals surface area contributed by atoms with Gasteiger partial charge in [-0.15, -0.1) is 0 Å². The zero-order valence-electron chi connectivity index (χ0n) is 24.7. The normalized spacial score (nSPS) is 11.9. The Morgan fingerprint density at radius 3 is 2.21 bits per heavy atom. The first-order valence-corrected chi connectivity index (χ1v) is 16.1. The average Bonchev–Trinajstić information content (AvgIpc) is 3.00. The van der Waals surface area contributed by atoms with Crippen molar-refractivity contribution in [1.29, 1.82) is 0 Å². The molecule has 0 spiro atoms. The van der Waals surface area contributed by atoms with Crippen LogP contribution in [0.25, 0.3) is 0 Å². The van der Waals surface area contributed by atoms with E-state index in [1.165, 1.54) is 61.6 Å². The van der Waals surface area contributed by atoms with Gasteiger partial charge in [-0.05, 0) is 60.9 Å². The molecular formula is C31H37Cl2N3O6S. The Bertz CT molecular complexity index is 1500. The van der Waals surface area contributed by atoms with E-state index in [-0.39, 0.29) is 28.8 Å². The second kappa shape index (κ2) is 15.8. The van der Waals surface area contributed by atoms with E-state index in [4.69, 9.17) is 32.7 Å². The van der Waals surface area contributed by atoms with E-state index in [9.17, 15) is 18.0 Å². The fraction of sp³-hybridized carbons (Fsp3) is 0.355. The van der Waals surface area contributed by atoms with Gasteiger partial charge in [0.2, 0.25) is 11.8 Å². The molecule has 0 aliphatic rings. The number of anilines is 1. The molecule has 0 heterocycles. The lowest BCUT2D eigenvalue weighted by Crippen LogP contribution is -2.52. The van der Waals surface area contributed by atoms with Crippen molar-refractivity contribution in [3.63, 3.8) is 0 Å². The highest BCUT2D eigenvalue weighted by molar-refractivity contribution is 7.92. The fourth-order valence-electron chi connectivity index (χ4n) is 4.48. The van der Waals surface area contributed by atoms with Crippen molar-refractivity contribution in [3.8, 4) is 11.5 Å². The largest absolute Gasteiger partial charge is 0.493 e. The molecule has 1 atom stereocenters. The quantitative estimate of drug-likeness (QED) is 0.205. The Labute approximate surface area is 263 Å². The van der Waals surface area contributed by atoms with Crippen molar-refractivity contribution in [2.45, 2.75) is 50.6 Å². The van der Waals surface area contributed by atoms with Crippen molar-refractivity contribution in [3.05, 3.63) is 82.3 Å². The molecule has 9 nitrogen and oxygen atoms in total. The van der Waals surface area contributed by atoms with Gasteiger partial charge < -0.3 is 19.7 Å². The zero-order chi connectivity index (χ0) is 31.6. The molecule has 3 rings (SSSR count). The van der Waals surface area contributed by atoms with Crippen molar-refractivity contribution in [1.82, 2.24) is 10.2 Å². The first-order valence-electron chi connectivity index (χ1n) is 13.9. The van der Waals surface area contributed by atoms with Gasteiger partial charge in [-0.25, -0.2) is 8.42 Å². The smallest absolute Gasteiger partial charge is 0.264 e. The summed E-state index contributed by atoms with van der Waals surface area (Å²) in [7, 11) is -1.48. The molecule has 1 N–H and O–H groups in total. The van der Waals surface area contributed by atoms with Crippen molar-refractivity contribution < 1.29 is 27.5 Å². The van der Waals surface area contributed by atoms with Crippen LogP contribution in [0, 0.1) is 0 Å². The van der Waals surface area contributed by atoms with Crippen LogP contribution in [0.3, 0.4) is 0 Å². The van der Waals surface area contributed by atoms with Crippen LogP contribution in [0.1, 0.15) is 38.7 Å². The van der Waals surface area contributed by atoms with Gasteiger partial charge >= 0.3 is 0 Å². The number of nitrogens with one attached hydrogen (secondary N) is 1. The number of sulfonamides is 1. The predicted octanol–water partition coefficient (Wildman–Crippen LogP) is 5.93. The second-order valence-electron chi connectivity index (χ2n) is 9.69. The Morgan fingerprint density at radius 2 is 1.60 bits per heavy atom. The molecule has 0 bridgehead atoms. The molecule has 0 saturated heterocycles. The van der Waals surface area contributed by atoms with Crippen LogP contribution < -0.4 is 19.1 Å². The van der Waals surface area contributed by atoms with Gasteiger partial charge in [0.15, 0.2) is 11.5 Å². The first-order chi connectivity index (χ1) is 20.6. The molecule has 0 unspecified atom stereocenters. The number of hydrogen-bond acceptors (Lipinski definition) is 6. The van der Waals surface area contributed by atoms with E-state index in [1.807, 2.05) is 6.92 Å². The summed E-state index contributed by atoms with van der Waals surface area (Å²) in [4.78, 5) is 28.7. The lowest BCUT2D eigenvalue weighted by Gasteiger charge is -2.33. The standard InChI is InChI=1S/C31H37Cl2N3O6S/c1-5-7-18-34-31(38)27(6-2)35(20-22-10-8-9-11-26(22)33)30(37)21-36(24-14-12-23(32)13-15-24)43(39,40)25-16-17-28(41-3)29(19-25)42-4/h8-17,19,27H,5-7,18,20-21H2,1-4H3,(H,34,38)/t27-/m1/s1. The fourth-order valence-corrected chi connectivity index (χ4v) is 6.23. The highest BCUT2D eigenvalue weighted by atomic mass is 35.5. The highest BCUT2D eigenvalue weighted by Crippen LogP contribution is 2.33. The van der Waals surface area contributed by atoms with E-state index >= 15 is 0 Å². The highest BCUT2D eigenvalue weighted by Gasteiger charge is 2.34. The lowest BCUT2D eigenvalue weighted by atomic mass is 10.1. The molecule has 0 saturated carbocycles. The van der Waals surface area contributed by atoms with Gasteiger partial charge in [0.25, 0.3) is 10.0 Å². The van der Waals surface area contributed by atoms with Gasteiger partial charge in [-0.3, -0.25) is 13.9 Å². The third kappa shape index (κ3) is 8.55. The second-order valence-corrected chi connectivity index (χ2v) is 12.4. The van der Waals surface area contributed by atoms with Crippen LogP contribution in [-0.4, -0.2) is 58.5 Å². The van der Waals surface area contributed by atoms with E-state index < -0.39 is 28.5 Å². The summed E-state index contributed by atoms with van der Waals surface area (Å²) in [6, 6.07) is 16.4. The third-order valence-electron chi connectivity index (χ3n) is 6.85. The number of ether oxygens (including phenoxy) is 2. The summed E-state index contributed by atoms with van der Waals surface area (Å²) < 4.78 is 39.8. The summed E-state index contributed by atoms with van der Waals surface area (Å²) in [5.41, 5.74) is 0.837. The molecule has 232 valence electrons. The topological polar surface area (TPSA) is 105 Å². The zero-order valence-corrected chi connectivity index (χ0v) is 27.0. The number of unbranched alkanes of at least 4 members (excludes halogenated alkanes) is 1. The van der Waals surface area contributed by atoms with Crippen LogP contribution in [-0.2, 0) is 26.2 Å². The third-order valence-corrected chi connectivity index (χ3v) is 9.24. The molecule has 12 heteroatoms. The maximum Gasteiger partial charge on any atom is 0.264 e. The number of halogens is 2. The number of methoxy groups -OCH3 is 2. The molecule has 3 aromatic rings.